The van der Waals surface area contributed by atoms with E-state index in [4.69, 9.17) is 4.74 Å². The van der Waals surface area contributed by atoms with Gasteiger partial charge in [0.1, 0.15) is 23.0 Å². The minimum atomic E-state index is -1.32. The second-order valence-electron chi connectivity index (χ2n) is 16.9. The molecule has 0 saturated heterocycles. The maximum Gasteiger partial charge on any atom is 1.00 e. The van der Waals surface area contributed by atoms with Gasteiger partial charge in [0.15, 0.2) is 0 Å². The Hall–Kier alpha value is -3.13. The zero-order chi connectivity index (χ0) is 41.6. The molecular formula is C52H48LaLi3O7+. The van der Waals surface area contributed by atoms with Crippen LogP contribution in [0.25, 0.3) is 65.3 Å². The van der Waals surface area contributed by atoms with Crippen molar-refractivity contribution in [2.45, 2.75) is 64.6 Å². The van der Waals surface area contributed by atoms with Crippen LogP contribution in [-0.2, 0) is 30.4 Å². The van der Waals surface area contributed by atoms with Crippen LogP contribution < -0.4 is 66.8 Å². The van der Waals surface area contributed by atoms with Crippen molar-refractivity contribution < 1.29 is 128 Å². The van der Waals surface area contributed by atoms with E-state index < -0.39 is 11.2 Å². The Labute approximate surface area is 433 Å². The SMILES string of the molecule is CC(C)([O-])Cc1cc2ccccc2c(-c2c(O)c(CCOCCc3cc4ccccc4c(-c4c(O)c(CC(C)(C)[O-])cc5ccccc45)c3O)cc3ccccc23)c1O.[La].[Li+].[Li+].[Li+]. The molecule has 8 aromatic rings. The quantitative estimate of drug-likeness (QED) is 0.104. The minimum Gasteiger partial charge on any atom is -0.850 e. The van der Waals surface area contributed by atoms with E-state index >= 15 is 0 Å². The summed E-state index contributed by atoms with van der Waals surface area (Å²) < 4.78 is 6.21. The second kappa shape index (κ2) is 21.4. The number of rotatable bonds is 12. The normalized spacial score (nSPS) is 11.5. The number of fused-ring (bicyclic) bond motifs is 4. The van der Waals surface area contributed by atoms with Crippen LogP contribution in [0.4, 0.5) is 0 Å². The summed E-state index contributed by atoms with van der Waals surface area (Å²) >= 11 is 0. The number of phenols is 4. The minimum absolute atomic E-state index is 0. The average molecular weight is 945 g/mol. The second-order valence-corrected chi connectivity index (χ2v) is 16.9. The first kappa shape index (κ1) is 52.5. The molecule has 0 aliphatic heterocycles. The molecule has 0 atom stereocenters. The molecule has 0 aliphatic carbocycles. The van der Waals surface area contributed by atoms with Crippen LogP contribution in [0.5, 0.6) is 23.0 Å². The number of phenolic OH excluding ortho intramolecular Hbond substituents is 4. The van der Waals surface area contributed by atoms with E-state index in [1.165, 1.54) is 0 Å². The molecule has 0 bridgehead atoms. The third-order valence-electron chi connectivity index (χ3n) is 11.2. The third kappa shape index (κ3) is 11.1. The molecule has 4 N–H and O–H groups in total. The zero-order valence-electron chi connectivity index (χ0n) is 37.4. The predicted octanol–water partition coefficient (Wildman–Crippen LogP) is 0.632. The van der Waals surface area contributed by atoms with Gasteiger partial charge < -0.3 is 35.4 Å². The van der Waals surface area contributed by atoms with E-state index in [9.17, 15) is 30.6 Å². The van der Waals surface area contributed by atoms with E-state index in [0.29, 0.717) is 57.3 Å². The van der Waals surface area contributed by atoms with Gasteiger partial charge in [0.2, 0.25) is 0 Å². The summed E-state index contributed by atoms with van der Waals surface area (Å²) in [6, 6.07) is 38.5. The standard InChI is InChI=1S/C52H48O7.La.3Li/c1-51(2,57)29-37-27-33-15-7-11-19-41(33)45(49(37)55)43-39-17-9-5-13-31(39)25-35(47(43)53)21-23-59-24-22-36-26-32-14-6-10-18-40(32)44(48(36)54)46-42-20-12-8-16-34(42)28-38(50(46)56)30-52(3,4)58;;;;/h5-20,25-28,53-56H,21-24,29-30H2,1-4H3;;;;/q-2;;3*+1. The number of aromatic hydroxyl groups is 4. The van der Waals surface area contributed by atoms with E-state index in [0.717, 1.165) is 43.1 Å². The molecule has 0 unspecified atom stereocenters. The van der Waals surface area contributed by atoms with Crippen molar-refractivity contribution in [2.75, 3.05) is 13.2 Å². The topological polar surface area (TPSA) is 136 Å². The van der Waals surface area contributed by atoms with Gasteiger partial charge in [-0.2, -0.15) is 0 Å². The van der Waals surface area contributed by atoms with E-state index in [2.05, 4.69) is 0 Å². The van der Waals surface area contributed by atoms with Crippen LogP contribution in [0.15, 0.2) is 121 Å². The summed E-state index contributed by atoms with van der Waals surface area (Å²) in [7, 11) is 0. The van der Waals surface area contributed by atoms with Gasteiger partial charge in [0.25, 0.3) is 0 Å². The van der Waals surface area contributed by atoms with Crippen LogP contribution in [0, 0.1) is 35.6 Å². The summed E-state index contributed by atoms with van der Waals surface area (Å²) in [5.41, 5.74) is 1.70. The molecule has 11 heteroatoms. The van der Waals surface area contributed by atoms with Gasteiger partial charge in [-0.05, 0) is 115 Å². The summed E-state index contributed by atoms with van der Waals surface area (Å²) in [6.07, 6.45) is 0.961. The zero-order valence-corrected chi connectivity index (χ0v) is 41.0. The predicted molar refractivity (Wildman–Crippen MR) is 234 cm³/mol. The molecule has 7 nitrogen and oxygen atoms in total. The molecular weight excluding hydrogens is 896 g/mol. The fourth-order valence-corrected chi connectivity index (χ4v) is 8.63. The number of hydrogen-bond acceptors (Lipinski definition) is 7. The van der Waals surface area contributed by atoms with Crippen molar-refractivity contribution in [1.82, 2.24) is 0 Å². The molecule has 0 aliphatic rings. The fraction of sp³-hybridized carbons (Fsp3) is 0.231. The number of ether oxygens (including phenoxy) is 1. The molecule has 8 rings (SSSR count). The molecule has 8 aromatic carbocycles. The van der Waals surface area contributed by atoms with Gasteiger partial charge in [0, 0.05) is 57.9 Å². The summed E-state index contributed by atoms with van der Waals surface area (Å²) in [6.45, 7) is 6.92. The third-order valence-corrected chi connectivity index (χ3v) is 11.2. The molecule has 0 aromatic heterocycles. The van der Waals surface area contributed by atoms with Crippen molar-refractivity contribution >= 4 is 43.1 Å². The first-order valence-corrected chi connectivity index (χ1v) is 20.1. The first-order valence-electron chi connectivity index (χ1n) is 20.1. The largest absolute Gasteiger partial charge is 1.00 e. The van der Waals surface area contributed by atoms with E-state index in [-0.39, 0.29) is 141 Å². The van der Waals surface area contributed by atoms with Gasteiger partial charge >= 0.3 is 56.6 Å². The maximum absolute atomic E-state index is 12.9. The van der Waals surface area contributed by atoms with E-state index in [1.54, 1.807) is 27.7 Å². The van der Waals surface area contributed by atoms with Gasteiger partial charge in [-0.15, -0.1) is 11.2 Å². The number of benzene rings is 8. The Morgan fingerprint density at radius 2 is 0.651 bits per heavy atom. The van der Waals surface area contributed by atoms with Gasteiger partial charge in [-0.25, -0.2) is 0 Å². The van der Waals surface area contributed by atoms with Crippen LogP contribution >= 0.6 is 0 Å². The molecule has 0 amide bonds. The summed E-state index contributed by atoms with van der Waals surface area (Å²) in [5, 5.41) is 80.0. The van der Waals surface area contributed by atoms with Crippen LogP contribution in [-0.4, -0.2) is 44.8 Å². The van der Waals surface area contributed by atoms with Crippen molar-refractivity contribution in [3.8, 4) is 45.3 Å². The molecule has 0 spiro atoms. The molecule has 0 fully saturated rings. The Morgan fingerprint density at radius 1 is 0.413 bits per heavy atom. The van der Waals surface area contributed by atoms with Crippen LogP contribution in [0.3, 0.4) is 0 Å². The number of hydrogen-bond donors (Lipinski definition) is 4. The van der Waals surface area contributed by atoms with Crippen molar-refractivity contribution in [3.63, 3.8) is 0 Å². The van der Waals surface area contributed by atoms with Gasteiger partial charge in [0.05, 0.1) is 13.2 Å². The monoisotopic (exact) mass is 944 g/mol. The maximum atomic E-state index is 12.9. The van der Waals surface area contributed by atoms with Crippen molar-refractivity contribution in [2.24, 2.45) is 0 Å². The fourth-order valence-electron chi connectivity index (χ4n) is 8.63. The summed E-state index contributed by atoms with van der Waals surface area (Å²) in [5.74, 6) is 0.0483. The molecule has 0 saturated carbocycles. The van der Waals surface area contributed by atoms with Crippen molar-refractivity contribution in [3.05, 3.63) is 144 Å². The van der Waals surface area contributed by atoms with Crippen LogP contribution in [0.2, 0.25) is 0 Å². The molecule has 303 valence electrons. The smallest absolute Gasteiger partial charge is 0.850 e. The van der Waals surface area contributed by atoms with Crippen molar-refractivity contribution in [1.29, 1.82) is 0 Å². The average Bonchev–Trinajstić information content (AvgIpc) is 3.19. The first-order chi connectivity index (χ1) is 28.2. The van der Waals surface area contributed by atoms with Gasteiger partial charge in [-0.3, -0.25) is 0 Å². The Kier molecular flexibility index (Phi) is 17.9. The molecule has 0 heterocycles. The van der Waals surface area contributed by atoms with E-state index in [1.807, 2.05) is 121 Å². The Bertz CT molecular complexity index is 2710. The van der Waals surface area contributed by atoms with Crippen LogP contribution in [0.1, 0.15) is 49.9 Å². The Balaban J connectivity index is 0.00000218. The summed E-state index contributed by atoms with van der Waals surface area (Å²) in [4.78, 5) is 0. The molecule has 1 radical (unpaired) electrons. The Morgan fingerprint density at radius 3 is 0.921 bits per heavy atom. The molecule has 63 heavy (non-hydrogen) atoms. The van der Waals surface area contributed by atoms with Gasteiger partial charge in [-0.1, -0.05) is 125 Å².